The van der Waals surface area contributed by atoms with Crippen molar-refractivity contribution in [1.29, 1.82) is 0 Å². The summed E-state index contributed by atoms with van der Waals surface area (Å²) in [5.74, 6) is 0.337. The number of nitrogens with two attached hydrogens (primary N) is 2. The highest BCUT2D eigenvalue weighted by atomic mass is 32.2. The Bertz CT molecular complexity index is 2010. The summed E-state index contributed by atoms with van der Waals surface area (Å²) in [5, 5.41) is 1.36. The smallest absolute Gasteiger partial charge is 0.323 e. The predicted octanol–water partition coefficient (Wildman–Crippen LogP) is 5.57. The maximum Gasteiger partial charge on any atom is 0.323 e. The first-order valence-electron chi connectivity index (χ1n) is 15.9. The van der Waals surface area contributed by atoms with E-state index in [-0.39, 0.29) is 25.5 Å². The summed E-state index contributed by atoms with van der Waals surface area (Å²) in [6, 6.07) is 19.8. The van der Waals surface area contributed by atoms with E-state index >= 15 is 0 Å². The van der Waals surface area contributed by atoms with Gasteiger partial charge in [0.15, 0.2) is 24.9 Å². The van der Waals surface area contributed by atoms with Crippen molar-refractivity contribution < 1.29 is 23.1 Å². The number of imidazole rings is 2. The van der Waals surface area contributed by atoms with Crippen LogP contribution in [0, 0.1) is 0 Å². The van der Waals surface area contributed by atoms with Crippen LogP contribution >= 0.6 is 31.8 Å². The topological polar surface area (TPSA) is 193 Å². The average Bonchev–Trinajstić information content (AvgIpc) is 3.97. The van der Waals surface area contributed by atoms with Crippen molar-refractivity contribution in [3.8, 4) is 0 Å². The molecule has 8 rings (SSSR count). The van der Waals surface area contributed by atoms with Crippen LogP contribution < -0.4 is 11.5 Å². The third-order valence-corrected chi connectivity index (χ3v) is 11.1. The number of rotatable bonds is 16. The quantitative estimate of drug-likeness (QED) is 0.0712. The van der Waals surface area contributed by atoms with Gasteiger partial charge in [-0.2, -0.15) is 9.97 Å². The summed E-state index contributed by atoms with van der Waals surface area (Å²) >= 11 is 2.96. The third-order valence-electron chi connectivity index (χ3n) is 8.43. The molecule has 2 fully saturated rings. The molecular weight excluding hydrogens is 700 g/mol. The van der Waals surface area contributed by atoms with Crippen LogP contribution in [0.15, 0.2) is 93.2 Å². The van der Waals surface area contributed by atoms with Crippen LogP contribution in [-0.2, 0) is 36.2 Å². The van der Waals surface area contributed by atoms with Gasteiger partial charge in [0, 0.05) is 9.79 Å². The molecule has 258 valence electrons. The van der Waals surface area contributed by atoms with Crippen LogP contribution in [0.2, 0.25) is 0 Å². The number of nitrogen functional groups attached to an aromatic ring is 2. The van der Waals surface area contributed by atoms with Gasteiger partial charge in [0.25, 0.3) is 0 Å². The molecule has 2 saturated carbocycles. The molecule has 4 N–H and O–H groups in total. The Kier molecular flexibility index (Phi) is 9.20. The molecule has 0 radical (unpaired) electrons. The lowest BCUT2D eigenvalue weighted by atomic mass is 10.3. The van der Waals surface area contributed by atoms with Gasteiger partial charge in [-0.3, -0.25) is 13.6 Å². The molecule has 0 atom stereocenters. The van der Waals surface area contributed by atoms with Gasteiger partial charge in [-0.15, -0.1) is 0 Å². The number of hydrogen-bond acceptors (Lipinski definition) is 15. The van der Waals surface area contributed by atoms with Gasteiger partial charge in [0.2, 0.25) is 11.9 Å². The zero-order valence-corrected chi connectivity index (χ0v) is 29.3. The minimum absolute atomic E-state index is 0.168. The van der Waals surface area contributed by atoms with Gasteiger partial charge in [-0.1, -0.05) is 59.9 Å². The lowest BCUT2D eigenvalue weighted by Gasteiger charge is -2.19. The highest BCUT2D eigenvalue weighted by molar-refractivity contribution is 7.99. The van der Waals surface area contributed by atoms with E-state index in [0.717, 1.165) is 35.5 Å². The van der Waals surface area contributed by atoms with Crippen LogP contribution in [0.4, 0.5) is 11.9 Å². The van der Waals surface area contributed by atoms with Crippen molar-refractivity contribution in [3.63, 3.8) is 0 Å². The second-order valence-corrected chi connectivity index (χ2v) is 15.3. The average molecular weight is 733 g/mol. The Morgan fingerprint density at radius 1 is 0.660 bits per heavy atom. The van der Waals surface area contributed by atoms with E-state index in [1.807, 2.05) is 69.8 Å². The fraction of sp³-hybridized carbons (Fsp3) is 0.312. The number of aromatic nitrogens is 8. The molecule has 0 saturated heterocycles. The minimum atomic E-state index is -2.87. The molecular formula is C32H33N10O5PS2. The zero-order valence-electron chi connectivity index (χ0n) is 26.7. The Morgan fingerprint density at radius 3 is 1.48 bits per heavy atom. The standard InChI is InChI=1S/C32H33N10O5PS2/c33-29-37-25-23(27(39-29)49-21-7-3-1-4-8-21)35-17-41(25)15-31(11-12-31)44-19-46-48(43)47-20-45-32(13-14-32)16-42-18-36-24-26(42)38-30(34)40-28(24)50-22-9-5-2-6-10-22/h1-10,17-18,48H,11-16,19-20H2,(H2,33,37,39)(H2,34,38,40). The molecule has 4 heterocycles. The van der Waals surface area contributed by atoms with Crippen molar-refractivity contribution >= 4 is 66.0 Å². The third kappa shape index (κ3) is 7.49. The normalized spacial score (nSPS) is 16.0. The van der Waals surface area contributed by atoms with Crippen LogP contribution in [0.25, 0.3) is 22.3 Å². The van der Waals surface area contributed by atoms with Crippen molar-refractivity contribution in [2.45, 2.75) is 69.8 Å². The molecule has 0 unspecified atom stereocenters. The van der Waals surface area contributed by atoms with E-state index in [1.54, 1.807) is 12.7 Å². The Morgan fingerprint density at radius 2 is 1.08 bits per heavy atom. The molecule has 2 aromatic carbocycles. The Labute approximate surface area is 295 Å². The molecule has 18 heteroatoms. The molecule has 0 amide bonds. The molecule has 2 aliphatic carbocycles. The largest absolute Gasteiger partial charge is 0.368 e. The summed E-state index contributed by atoms with van der Waals surface area (Å²) in [6.45, 7) is 0.594. The number of nitrogens with zero attached hydrogens (tertiary/aromatic N) is 8. The number of benzene rings is 2. The van der Waals surface area contributed by atoms with Crippen molar-refractivity contribution in [3.05, 3.63) is 73.3 Å². The first-order valence-corrected chi connectivity index (χ1v) is 18.7. The first kappa shape index (κ1) is 33.1. The number of fused-ring (bicyclic) bond motifs is 2. The monoisotopic (exact) mass is 732 g/mol. The van der Waals surface area contributed by atoms with Crippen molar-refractivity contribution in [1.82, 2.24) is 39.0 Å². The summed E-state index contributed by atoms with van der Waals surface area (Å²) in [7, 11) is -2.87. The van der Waals surface area contributed by atoms with Gasteiger partial charge < -0.3 is 30.1 Å². The summed E-state index contributed by atoms with van der Waals surface area (Å²) in [5.41, 5.74) is 13.7. The van der Waals surface area contributed by atoms with E-state index in [4.69, 9.17) is 30.0 Å². The molecule has 0 spiro atoms. The zero-order chi connectivity index (χ0) is 34.1. The first-order chi connectivity index (χ1) is 24.4. The highest BCUT2D eigenvalue weighted by Gasteiger charge is 2.46. The number of hydrogen-bond donors (Lipinski definition) is 2. The summed E-state index contributed by atoms with van der Waals surface area (Å²) in [4.78, 5) is 28.9. The molecule has 2 aliphatic rings. The minimum Gasteiger partial charge on any atom is -0.368 e. The Balaban J connectivity index is 0.822. The fourth-order valence-corrected chi connectivity index (χ4v) is 7.67. The predicted molar refractivity (Wildman–Crippen MR) is 188 cm³/mol. The van der Waals surface area contributed by atoms with E-state index in [9.17, 15) is 4.57 Å². The second kappa shape index (κ2) is 13.9. The Hall–Kier alpha value is -4.09. The SMILES string of the molecule is Nc1nc(Sc2ccccc2)c2ncn(CC3(OCO[PH](=O)OCOC4(Cn5cnc6c(Sc7ccccc7)nc(N)nc65)CC4)CC3)c2n1. The second-order valence-electron chi connectivity index (χ2n) is 12.1. The van der Waals surface area contributed by atoms with Gasteiger partial charge >= 0.3 is 8.25 Å². The van der Waals surface area contributed by atoms with Crippen LogP contribution in [0.3, 0.4) is 0 Å². The maximum absolute atomic E-state index is 12.6. The molecule has 4 aromatic heterocycles. The van der Waals surface area contributed by atoms with E-state index < -0.39 is 19.5 Å². The van der Waals surface area contributed by atoms with E-state index in [0.29, 0.717) is 45.5 Å². The number of ether oxygens (including phenoxy) is 2. The maximum atomic E-state index is 12.6. The van der Waals surface area contributed by atoms with Crippen molar-refractivity contribution in [2.75, 3.05) is 25.1 Å². The molecule has 15 nitrogen and oxygen atoms in total. The molecule has 0 bridgehead atoms. The van der Waals surface area contributed by atoms with Gasteiger partial charge in [-0.05, 0) is 49.9 Å². The fourth-order valence-electron chi connectivity index (χ4n) is 5.49. The molecule has 0 aliphatic heterocycles. The van der Waals surface area contributed by atoms with E-state index in [1.165, 1.54) is 23.5 Å². The van der Waals surface area contributed by atoms with Crippen LogP contribution in [0.1, 0.15) is 25.7 Å². The summed E-state index contributed by atoms with van der Waals surface area (Å²) in [6.07, 6.45) is 6.66. The van der Waals surface area contributed by atoms with Gasteiger partial charge in [-0.25, -0.2) is 19.9 Å². The lowest BCUT2D eigenvalue weighted by molar-refractivity contribution is -0.0808. The van der Waals surface area contributed by atoms with E-state index in [2.05, 4.69) is 29.9 Å². The van der Waals surface area contributed by atoms with Crippen LogP contribution in [-0.4, -0.2) is 63.8 Å². The summed E-state index contributed by atoms with van der Waals surface area (Å²) < 4.78 is 39.3. The molecule has 6 aromatic rings. The van der Waals surface area contributed by atoms with Gasteiger partial charge in [0.1, 0.15) is 21.1 Å². The highest BCUT2D eigenvalue weighted by Crippen LogP contribution is 2.44. The van der Waals surface area contributed by atoms with Crippen LogP contribution in [0.5, 0.6) is 0 Å². The van der Waals surface area contributed by atoms with Crippen molar-refractivity contribution in [2.24, 2.45) is 0 Å². The molecule has 50 heavy (non-hydrogen) atoms. The lowest BCUT2D eigenvalue weighted by Crippen LogP contribution is -2.23. The number of anilines is 2. The van der Waals surface area contributed by atoms with Gasteiger partial charge in [0.05, 0.1) is 36.9 Å².